The average Bonchev–Trinajstić information content (AvgIpc) is 2.77. The quantitative estimate of drug-likeness (QED) is 0.478. The molecule has 0 fully saturated rings. The molecule has 29 heavy (non-hydrogen) atoms. The van der Waals surface area contributed by atoms with E-state index in [9.17, 15) is 14.4 Å². The van der Waals surface area contributed by atoms with E-state index in [-0.39, 0.29) is 19.0 Å². The Labute approximate surface area is 168 Å². The Morgan fingerprint density at radius 2 is 1.34 bits per heavy atom. The van der Waals surface area contributed by atoms with E-state index in [1.54, 1.807) is 36.9 Å². The summed E-state index contributed by atoms with van der Waals surface area (Å²) in [7, 11) is 0. The molecule has 2 N–H and O–H groups in total. The zero-order valence-corrected chi connectivity index (χ0v) is 15.9. The van der Waals surface area contributed by atoms with Crippen molar-refractivity contribution < 1.29 is 14.4 Å². The van der Waals surface area contributed by atoms with Gasteiger partial charge in [-0.15, -0.1) is 0 Å². The van der Waals surface area contributed by atoms with Crippen molar-refractivity contribution in [1.82, 2.24) is 20.6 Å². The number of carbonyl (C=O) groups is 3. The Morgan fingerprint density at radius 1 is 0.793 bits per heavy atom. The Balaban J connectivity index is 1.82. The maximum Gasteiger partial charge on any atom is 0.287 e. The molecule has 2 heterocycles. The van der Waals surface area contributed by atoms with Gasteiger partial charge in [0.2, 0.25) is 5.78 Å². The Morgan fingerprint density at radius 3 is 1.83 bits per heavy atom. The fourth-order valence-electron chi connectivity index (χ4n) is 2.74. The van der Waals surface area contributed by atoms with Gasteiger partial charge in [0.1, 0.15) is 0 Å². The minimum absolute atomic E-state index is 0.169. The number of ketones is 1. The molecular weight excluding hydrogens is 368 g/mol. The SMILES string of the molecule is CC(=O)C(=O)NCCNC(=O)c1cc(-c2cccnc2)cc(-c2cccnc2)c1. The van der Waals surface area contributed by atoms with Crippen molar-refractivity contribution >= 4 is 17.6 Å². The number of nitrogens with one attached hydrogen (secondary N) is 2. The van der Waals surface area contributed by atoms with E-state index in [4.69, 9.17) is 0 Å². The highest BCUT2D eigenvalue weighted by Crippen LogP contribution is 2.27. The lowest BCUT2D eigenvalue weighted by atomic mass is 9.97. The Bertz CT molecular complexity index is 963. The first kappa shape index (κ1) is 19.9. The lowest BCUT2D eigenvalue weighted by Gasteiger charge is -2.11. The van der Waals surface area contributed by atoms with Crippen LogP contribution < -0.4 is 10.6 Å². The van der Waals surface area contributed by atoms with Gasteiger partial charge in [-0.05, 0) is 41.5 Å². The Hall–Kier alpha value is -3.87. The number of benzene rings is 1. The van der Waals surface area contributed by atoms with E-state index < -0.39 is 11.7 Å². The van der Waals surface area contributed by atoms with Crippen LogP contribution in [0.5, 0.6) is 0 Å². The van der Waals surface area contributed by atoms with E-state index in [1.807, 2.05) is 30.3 Å². The normalized spacial score (nSPS) is 10.2. The van der Waals surface area contributed by atoms with Crippen molar-refractivity contribution in [2.24, 2.45) is 0 Å². The minimum Gasteiger partial charge on any atom is -0.350 e. The maximum atomic E-state index is 12.7. The molecule has 0 saturated heterocycles. The highest BCUT2D eigenvalue weighted by atomic mass is 16.2. The van der Waals surface area contributed by atoms with Crippen LogP contribution in [0.2, 0.25) is 0 Å². The number of Topliss-reactive ketones (excluding diaryl/α,β-unsaturated/α-hetero) is 1. The zero-order valence-electron chi connectivity index (χ0n) is 15.9. The number of nitrogens with zero attached hydrogens (tertiary/aromatic N) is 2. The van der Waals surface area contributed by atoms with Crippen LogP contribution in [0.15, 0.2) is 67.3 Å². The molecule has 0 radical (unpaired) electrons. The van der Waals surface area contributed by atoms with Crippen LogP contribution in [0.4, 0.5) is 0 Å². The highest BCUT2D eigenvalue weighted by molar-refractivity contribution is 6.35. The fourth-order valence-corrected chi connectivity index (χ4v) is 2.74. The predicted octanol–water partition coefficient (Wildman–Crippen LogP) is 2.25. The molecule has 0 atom stereocenters. The molecule has 3 rings (SSSR count). The number of rotatable bonds is 7. The molecule has 1 aromatic carbocycles. The summed E-state index contributed by atoms with van der Waals surface area (Å²) < 4.78 is 0. The van der Waals surface area contributed by atoms with Crippen LogP contribution in [0.25, 0.3) is 22.3 Å². The van der Waals surface area contributed by atoms with Gasteiger partial charge < -0.3 is 10.6 Å². The number of hydrogen-bond donors (Lipinski definition) is 2. The maximum absolute atomic E-state index is 12.7. The van der Waals surface area contributed by atoms with Crippen LogP contribution in [0.3, 0.4) is 0 Å². The third-order valence-electron chi connectivity index (χ3n) is 4.20. The van der Waals surface area contributed by atoms with E-state index in [1.165, 1.54) is 6.92 Å². The van der Waals surface area contributed by atoms with E-state index in [0.29, 0.717) is 5.56 Å². The van der Waals surface area contributed by atoms with Gasteiger partial charge in [-0.2, -0.15) is 0 Å². The summed E-state index contributed by atoms with van der Waals surface area (Å²) in [4.78, 5) is 43.2. The molecular formula is C22H20N4O3. The molecule has 7 heteroatoms. The standard InChI is InChI=1S/C22H20N4O3/c1-15(27)21(28)25-8-9-26-22(29)20-11-18(16-4-2-6-23-13-16)10-19(12-20)17-5-3-7-24-14-17/h2-7,10-14H,8-9H2,1H3,(H,25,28)(H,26,29). The number of carbonyl (C=O) groups excluding carboxylic acids is 3. The van der Waals surface area contributed by atoms with Crippen LogP contribution in [-0.2, 0) is 9.59 Å². The van der Waals surface area contributed by atoms with Crippen LogP contribution in [-0.4, -0.2) is 40.7 Å². The summed E-state index contributed by atoms with van der Waals surface area (Å²) in [5, 5.41) is 5.20. The monoisotopic (exact) mass is 388 g/mol. The summed E-state index contributed by atoms with van der Waals surface area (Å²) >= 11 is 0. The lowest BCUT2D eigenvalue weighted by Crippen LogP contribution is -2.37. The topological polar surface area (TPSA) is 101 Å². The van der Waals surface area contributed by atoms with Gasteiger partial charge in [0, 0.05) is 61.5 Å². The van der Waals surface area contributed by atoms with Gasteiger partial charge in [-0.25, -0.2) is 0 Å². The van der Waals surface area contributed by atoms with E-state index in [0.717, 1.165) is 22.3 Å². The Kier molecular flexibility index (Phi) is 6.42. The number of amides is 2. The third-order valence-corrected chi connectivity index (χ3v) is 4.20. The second-order valence-electron chi connectivity index (χ2n) is 6.35. The summed E-state index contributed by atoms with van der Waals surface area (Å²) in [6, 6.07) is 13.1. The second kappa shape index (κ2) is 9.36. The summed E-state index contributed by atoms with van der Waals surface area (Å²) in [6.45, 7) is 1.57. The highest BCUT2D eigenvalue weighted by Gasteiger charge is 2.12. The van der Waals surface area contributed by atoms with Gasteiger partial charge >= 0.3 is 0 Å². The lowest BCUT2D eigenvalue weighted by molar-refractivity contribution is -0.136. The molecule has 0 unspecified atom stereocenters. The molecule has 0 spiro atoms. The first-order valence-corrected chi connectivity index (χ1v) is 9.07. The van der Waals surface area contributed by atoms with Crippen molar-refractivity contribution in [3.05, 3.63) is 72.8 Å². The molecule has 3 aromatic rings. The predicted molar refractivity (Wildman–Crippen MR) is 109 cm³/mol. The van der Waals surface area contributed by atoms with Gasteiger partial charge in [-0.3, -0.25) is 24.4 Å². The largest absolute Gasteiger partial charge is 0.350 e. The molecule has 0 aliphatic heterocycles. The summed E-state index contributed by atoms with van der Waals surface area (Å²) in [5.74, 6) is -1.52. The first-order chi connectivity index (χ1) is 14.0. The van der Waals surface area contributed by atoms with Gasteiger partial charge in [-0.1, -0.05) is 12.1 Å². The number of pyridine rings is 2. The molecule has 0 saturated carbocycles. The van der Waals surface area contributed by atoms with Crippen molar-refractivity contribution in [3.63, 3.8) is 0 Å². The summed E-state index contributed by atoms with van der Waals surface area (Å²) in [6.07, 6.45) is 6.86. The average molecular weight is 388 g/mol. The molecule has 0 aliphatic carbocycles. The molecule has 2 amide bonds. The fraction of sp³-hybridized carbons (Fsp3) is 0.136. The third kappa shape index (κ3) is 5.32. The number of hydrogen-bond acceptors (Lipinski definition) is 5. The molecule has 0 aliphatic rings. The van der Waals surface area contributed by atoms with Gasteiger partial charge in [0.05, 0.1) is 0 Å². The van der Waals surface area contributed by atoms with Crippen LogP contribution >= 0.6 is 0 Å². The zero-order chi connectivity index (χ0) is 20.6. The van der Waals surface area contributed by atoms with Crippen LogP contribution in [0, 0.1) is 0 Å². The minimum atomic E-state index is -0.670. The van der Waals surface area contributed by atoms with E-state index >= 15 is 0 Å². The molecule has 0 bridgehead atoms. The van der Waals surface area contributed by atoms with Crippen molar-refractivity contribution in [2.75, 3.05) is 13.1 Å². The smallest absolute Gasteiger partial charge is 0.287 e. The second-order valence-corrected chi connectivity index (χ2v) is 6.35. The molecule has 146 valence electrons. The van der Waals surface area contributed by atoms with Crippen molar-refractivity contribution in [3.8, 4) is 22.3 Å². The molecule has 7 nitrogen and oxygen atoms in total. The number of aromatic nitrogens is 2. The summed E-state index contributed by atoms with van der Waals surface area (Å²) in [5.41, 5.74) is 3.97. The van der Waals surface area contributed by atoms with Gasteiger partial charge in [0.15, 0.2) is 0 Å². The molecule has 2 aromatic heterocycles. The first-order valence-electron chi connectivity index (χ1n) is 9.07. The van der Waals surface area contributed by atoms with E-state index in [2.05, 4.69) is 20.6 Å². The van der Waals surface area contributed by atoms with Crippen molar-refractivity contribution in [1.29, 1.82) is 0 Å². The van der Waals surface area contributed by atoms with Crippen molar-refractivity contribution in [2.45, 2.75) is 6.92 Å². The van der Waals surface area contributed by atoms with Crippen LogP contribution in [0.1, 0.15) is 17.3 Å². The van der Waals surface area contributed by atoms with Gasteiger partial charge in [0.25, 0.3) is 11.8 Å².